The van der Waals surface area contributed by atoms with Crippen molar-refractivity contribution in [1.29, 1.82) is 0 Å². The summed E-state index contributed by atoms with van der Waals surface area (Å²) in [7, 11) is 0. The van der Waals surface area contributed by atoms with E-state index in [0.29, 0.717) is 23.2 Å². The van der Waals surface area contributed by atoms with Crippen molar-refractivity contribution in [3.63, 3.8) is 0 Å². The molecule has 1 fully saturated rings. The molecule has 2 rings (SSSR count). The molecule has 1 aromatic rings. The molecule has 19 heavy (non-hydrogen) atoms. The highest BCUT2D eigenvalue weighted by molar-refractivity contribution is 6.32. The zero-order valence-corrected chi connectivity index (χ0v) is 12.0. The number of aryl methyl sites for hydroxylation is 1. The van der Waals surface area contributed by atoms with Crippen LogP contribution in [0.3, 0.4) is 0 Å². The minimum absolute atomic E-state index is 0.232. The number of hydrogen-bond acceptors (Lipinski definition) is 4. The van der Waals surface area contributed by atoms with E-state index in [1.807, 2.05) is 0 Å². The molecule has 0 spiro atoms. The van der Waals surface area contributed by atoms with Gasteiger partial charge in [-0.15, -0.1) is 0 Å². The minimum atomic E-state index is 0.232. The van der Waals surface area contributed by atoms with Crippen LogP contribution in [0.15, 0.2) is 0 Å². The second kappa shape index (κ2) is 6.85. The van der Waals surface area contributed by atoms with Crippen molar-refractivity contribution in [2.45, 2.75) is 57.9 Å². The van der Waals surface area contributed by atoms with Crippen molar-refractivity contribution in [2.24, 2.45) is 0 Å². The third kappa shape index (κ3) is 3.90. The molecule has 1 saturated carbocycles. The molecule has 1 aliphatic carbocycles. The summed E-state index contributed by atoms with van der Waals surface area (Å²) >= 11 is 5.99. The largest absolute Gasteiger partial charge is 0.367 e. The van der Waals surface area contributed by atoms with E-state index in [1.165, 1.54) is 32.1 Å². The van der Waals surface area contributed by atoms with Gasteiger partial charge in [-0.25, -0.2) is 9.97 Å². The van der Waals surface area contributed by atoms with Gasteiger partial charge in [0.1, 0.15) is 16.8 Å². The Hall–Kier alpha value is -1.16. The summed E-state index contributed by atoms with van der Waals surface area (Å²) in [5.74, 6) is 1.17. The molecule has 4 nitrogen and oxygen atoms in total. The molecule has 0 aromatic carbocycles. The zero-order valence-electron chi connectivity index (χ0n) is 11.3. The fourth-order valence-electron chi connectivity index (χ4n) is 2.56. The minimum Gasteiger partial charge on any atom is -0.367 e. The fraction of sp³-hybridized carbons (Fsp3) is 0.643. The lowest BCUT2D eigenvalue weighted by Crippen LogP contribution is -2.22. The second-order valence-electron chi connectivity index (χ2n) is 5.13. The maximum atomic E-state index is 11.1. The summed E-state index contributed by atoms with van der Waals surface area (Å²) < 4.78 is 0. The van der Waals surface area contributed by atoms with Gasteiger partial charge in [0.25, 0.3) is 0 Å². The van der Waals surface area contributed by atoms with E-state index in [-0.39, 0.29) is 5.15 Å². The van der Waals surface area contributed by atoms with Crippen molar-refractivity contribution in [2.75, 3.05) is 5.32 Å². The summed E-state index contributed by atoms with van der Waals surface area (Å²) in [6, 6.07) is 0.379. The number of nitrogens with zero attached hydrogens (tertiary/aromatic N) is 2. The Bertz CT molecular complexity index is 443. The SMILES string of the molecule is Cc1nc(Cl)c(C=O)c(NC2CCCCCCC2)n1. The average molecular weight is 282 g/mol. The lowest BCUT2D eigenvalue weighted by Gasteiger charge is -2.22. The van der Waals surface area contributed by atoms with Gasteiger partial charge >= 0.3 is 0 Å². The van der Waals surface area contributed by atoms with E-state index >= 15 is 0 Å². The normalized spacial score (nSPS) is 17.6. The molecule has 0 bridgehead atoms. The number of halogens is 1. The molecule has 1 aromatic heterocycles. The Kier molecular flexibility index (Phi) is 5.14. The van der Waals surface area contributed by atoms with Crippen LogP contribution in [0.25, 0.3) is 0 Å². The summed E-state index contributed by atoms with van der Waals surface area (Å²) in [4.78, 5) is 19.4. The zero-order chi connectivity index (χ0) is 13.7. The number of nitrogens with one attached hydrogen (secondary N) is 1. The smallest absolute Gasteiger partial charge is 0.156 e. The third-order valence-electron chi connectivity index (χ3n) is 3.57. The molecule has 0 unspecified atom stereocenters. The van der Waals surface area contributed by atoms with Gasteiger partial charge in [0, 0.05) is 6.04 Å². The Balaban J connectivity index is 2.14. The van der Waals surface area contributed by atoms with E-state index in [9.17, 15) is 4.79 Å². The lowest BCUT2D eigenvalue weighted by molar-refractivity contribution is 0.112. The summed E-state index contributed by atoms with van der Waals surface area (Å²) in [6.07, 6.45) is 9.36. The van der Waals surface area contributed by atoms with Gasteiger partial charge in [-0.05, 0) is 19.8 Å². The molecular weight excluding hydrogens is 262 g/mol. The van der Waals surface area contributed by atoms with Gasteiger partial charge in [0.15, 0.2) is 6.29 Å². The van der Waals surface area contributed by atoms with Crippen molar-refractivity contribution in [1.82, 2.24) is 9.97 Å². The van der Waals surface area contributed by atoms with Crippen molar-refractivity contribution >= 4 is 23.7 Å². The van der Waals surface area contributed by atoms with Crippen LogP contribution in [0.5, 0.6) is 0 Å². The van der Waals surface area contributed by atoms with Crippen LogP contribution >= 0.6 is 11.6 Å². The number of aldehydes is 1. The van der Waals surface area contributed by atoms with Gasteiger partial charge in [-0.2, -0.15) is 0 Å². The van der Waals surface area contributed by atoms with Crippen molar-refractivity contribution in [3.8, 4) is 0 Å². The first-order chi connectivity index (χ1) is 9.20. The molecule has 104 valence electrons. The Morgan fingerprint density at radius 1 is 1.16 bits per heavy atom. The summed E-state index contributed by atoms with van der Waals surface area (Å²) in [5, 5.41) is 3.62. The van der Waals surface area contributed by atoms with E-state index in [2.05, 4.69) is 15.3 Å². The second-order valence-corrected chi connectivity index (χ2v) is 5.49. The highest BCUT2D eigenvalue weighted by Gasteiger charge is 2.16. The molecule has 0 aliphatic heterocycles. The predicted molar refractivity (Wildman–Crippen MR) is 76.9 cm³/mol. The van der Waals surface area contributed by atoms with Gasteiger partial charge in [-0.1, -0.05) is 43.7 Å². The molecule has 0 radical (unpaired) electrons. The number of anilines is 1. The van der Waals surface area contributed by atoms with Crippen molar-refractivity contribution in [3.05, 3.63) is 16.5 Å². The molecule has 1 heterocycles. The maximum Gasteiger partial charge on any atom is 0.156 e. The van der Waals surface area contributed by atoms with Gasteiger partial charge in [-0.3, -0.25) is 4.79 Å². The number of aromatic nitrogens is 2. The average Bonchev–Trinajstić information content (AvgIpc) is 2.32. The Labute approximate surface area is 119 Å². The predicted octanol–water partition coefficient (Wildman–Crippen LogP) is 3.78. The van der Waals surface area contributed by atoms with Gasteiger partial charge in [0.2, 0.25) is 0 Å². The quantitative estimate of drug-likeness (QED) is 0.677. The Morgan fingerprint density at radius 3 is 2.42 bits per heavy atom. The molecule has 5 heteroatoms. The van der Waals surface area contributed by atoms with Crippen LogP contribution in [0.2, 0.25) is 5.15 Å². The molecule has 0 saturated heterocycles. The van der Waals surface area contributed by atoms with E-state index in [4.69, 9.17) is 11.6 Å². The number of carbonyl (C=O) groups excluding carboxylic acids is 1. The van der Waals surface area contributed by atoms with Crippen LogP contribution in [0, 0.1) is 6.92 Å². The molecule has 1 N–H and O–H groups in total. The summed E-state index contributed by atoms with van der Waals surface area (Å²) in [5.41, 5.74) is 0.370. The highest BCUT2D eigenvalue weighted by atomic mass is 35.5. The first kappa shape index (κ1) is 14.3. The molecule has 0 amide bonds. The fourth-order valence-corrected chi connectivity index (χ4v) is 2.81. The molecule has 1 aliphatic rings. The summed E-state index contributed by atoms with van der Waals surface area (Å²) in [6.45, 7) is 1.78. The Morgan fingerprint density at radius 2 is 1.79 bits per heavy atom. The number of rotatable bonds is 3. The van der Waals surface area contributed by atoms with Crippen LogP contribution < -0.4 is 5.32 Å². The number of hydrogen-bond donors (Lipinski definition) is 1. The molecule has 0 atom stereocenters. The van der Waals surface area contributed by atoms with E-state index in [0.717, 1.165) is 19.1 Å². The van der Waals surface area contributed by atoms with Crippen LogP contribution in [-0.2, 0) is 0 Å². The van der Waals surface area contributed by atoms with Crippen molar-refractivity contribution < 1.29 is 4.79 Å². The monoisotopic (exact) mass is 281 g/mol. The van der Waals surface area contributed by atoms with Crippen LogP contribution in [0.4, 0.5) is 5.82 Å². The van der Waals surface area contributed by atoms with Crippen LogP contribution in [-0.4, -0.2) is 22.3 Å². The van der Waals surface area contributed by atoms with E-state index < -0.39 is 0 Å². The third-order valence-corrected chi connectivity index (χ3v) is 3.86. The van der Waals surface area contributed by atoms with Gasteiger partial charge in [0.05, 0.1) is 5.56 Å². The topological polar surface area (TPSA) is 54.9 Å². The first-order valence-electron chi connectivity index (χ1n) is 6.96. The lowest BCUT2D eigenvalue weighted by atomic mass is 9.96. The van der Waals surface area contributed by atoms with E-state index in [1.54, 1.807) is 6.92 Å². The first-order valence-corrected chi connectivity index (χ1v) is 7.34. The van der Waals surface area contributed by atoms with Crippen LogP contribution in [0.1, 0.15) is 61.1 Å². The van der Waals surface area contributed by atoms with Gasteiger partial charge < -0.3 is 5.32 Å². The number of carbonyl (C=O) groups is 1. The standard InChI is InChI=1S/C14H20ClN3O/c1-10-16-13(15)12(9-19)14(17-10)18-11-7-5-3-2-4-6-8-11/h9,11H,2-8H2,1H3,(H,16,17,18). The molecular formula is C14H20ClN3O. The highest BCUT2D eigenvalue weighted by Crippen LogP contribution is 2.24. The maximum absolute atomic E-state index is 11.1.